The molecule has 1 atom stereocenters. The van der Waals surface area contributed by atoms with Gasteiger partial charge in [-0.2, -0.15) is 13.2 Å². The van der Waals surface area contributed by atoms with Crippen molar-refractivity contribution in [2.24, 2.45) is 0 Å². The minimum atomic E-state index is -4.39. The van der Waals surface area contributed by atoms with Gasteiger partial charge < -0.3 is 5.32 Å². The zero-order valence-electron chi connectivity index (χ0n) is 15.4. The fourth-order valence-electron chi connectivity index (χ4n) is 2.57. The fraction of sp³-hybridized carbons (Fsp3) is 0.316. The number of rotatable bonds is 7. The molecule has 0 aromatic heterocycles. The molecule has 0 saturated carbocycles. The molecule has 0 fully saturated rings. The zero-order chi connectivity index (χ0) is 20.9. The van der Waals surface area contributed by atoms with E-state index in [-0.39, 0.29) is 29.7 Å². The third-order valence-corrected chi connectivity index (χ3v) is 5.72. The van der Waals surface area contributed by atoms with E-state index in [0.717, 1.165) is 17.7 Å². The SMILES string of the molecule is CNS(=O)(=O)c1ccc(CNC(=O)CC(C)c2ccc(C(F)(F)F)cc2)cc1. The summed E-state index contributed by atoms with van der Waals surface area (Å²) >= 11 is 0. The van der Waals surface area contributed by atoms with Crippen molar-refractivity contribution in [2.75, 3.05) is 7.05 Å². The summed E-state index contributed by atoms with van der Waals surface area (Å²) in [5, 5.41) is 2.72. The number of alkyl halides is 3. The molecule has 2 aromatic carbocycles. The molecule has 0 aliphatic rings. The quantitative estimate of drug-likeness (QED) is 0.729. The number of hydrogen-bond donors (Lipinski definition) is 2. The zero-order valence-corrected chi connectivity index (χ0v) is 16.2. The Bertz CT molecular complexity index is 909. The topological polar surface area (TPSA) is 75.3 Å². The number of nitrogens with one attached hydrogen (secondary N) is 2. The second-order valence-electron chi connectivity index (χ2n) is 6.35. The molecule has 1 unspecified atom stereocenters. The molecule has 9 heteroatoms. The van der Waals surface area contributed by atoms with E-state index in [9.17, 15) is 26.4 Å². The molecule has 0 radical (unpaired) electrons. The summed E-state index contributed by atoms with van der Waals surface area (Å²) in [6.07, 6.45) is -4.27. The summed E-state index contributed by atoms with van der Waals surface area (Å²) < 4.78 is 63.4. The normalized spacial score (nSPS) is 13.2. The van der Waals surface area contributed by atoms with Crippen LogP contribution in [0.3, 0.4) is 0 Å². The minimum Gasteiger partial charge on any atom is -0.352 e. The maximum atomic E-state index is 12.6. The number of sulfonamides is 1. The van der Waals surface area contributed by atoms with Gasteiger partial charge in [0.1, 0.15) is 0 Å². The van der Waals surface area contributed by atoms with Crippen LogP contribution in [0.1, 0.15) is 36.0 Å². The molecule has 28 heavy (non-hydrogen) atoms. The fourth-order valence-corrected chi connectivity index (χ4v) is 3.30. The van der Waals surface area contributed by atoms with Crippen LogP contribution in [0.2, 0.25) is 0 Å². The van der Waals surface area contributed by atoms with Gasteiger partial charge in [0.25, 0.3) is 0 Å². The van der Waals surface area contributed by atoms with Gasteiger partial charge in [0.2, 0.25) is 15.9 Å². The van der Waals surface area contributed by atoms with Gasteiger partial charge in [-0.15, -0.1) is 0 Å². The molecule has 2 N–H and O–H groups in total. The first-order valence-electron chi connectivity index (χ1n) is 8.49. The number of carbonyl (C=O) groups is 1. The molecule has 0 spiro atoms. The van der Waals surface area contributed by atoms with Gasteiger partial charge in [-0.1, -0.05) is 31.2 Å². The van der Waals surface area contributed by atoms with E-state index in [4.69, 9.17) is 0 Å². The van der Waals surface area contributed by atoms with Crippen molar-refractivity contribution in [3.05, 3.63) is 65.2 Å². The highest BCUT2D eigenvalue weighted by molar-refractivity contribution is 7.89. The molecule has 2 aromatic rings. The van der Waals surface area contributed by atoms with Crippen LogP contribution in [-0.2, 0) is 27.5 Å². The molecule has 2 rings (SSSR count). The molecule has 0 heterocycles. The maximum absolute atomic E-state index is 12.6. The van der Waals surface area contributed by atoms with Gasteiger partial charge in [-0.05, 0) is 48.4 Å². The molecule has 5 nitrogen and oxygen atoms in total. The third kappa shape index (κ3) is 5.80. The summed E-state index contributed by atoms with van der Waals surface area (Å²) in [6.45, 7) is 1.98. The second-order valence-corrected chi connectivity index (χ2v) is 8.24. The predicted octanol–water partition coefficient (Wildman–Crippen LogP) is 3.42. The van der Waals surface area contributed by atoms with Crippen molar-refractivity contribution in [3.63, 3.8) is 0 Å². The summed E-state index contributed by atoms with van der Waals surface area (Å²) in [5.74, 6) is -0.496. The minimum absolute atomic E-state index is 0.123. The van der Waals surface area contributed by atoms with Crippen LogP contribution in [-0.4, -0.2) is 21.4 Å². The van der Waals surface area contributed by atoms with E-state index in [0.29, 0.717) is 5.56 Å². The van der Waals surface area contributed by atoms with E-state index in [1.165, 1.54) is 31.3 Å². The molecule has 0 saturated heterocycles. The van der Waals surface area contributed by atoms with Crippen molar-refractivity contribution in [1.82, 2.24) is 10.0 Å². The Morgan fingerprint density at radius 2 is 1.61 bits per heavy atom. The third-order valence-electron chi connectivity index (χ3n) is 4.29. The van der Waals surface area contributed by atoms with Crippen LogP contribution in [0.4, 0.5) is 13.2 Å². The van der Waals surface area contributed by atoms with E-state index in [1.54, 1.807) is 19.1 Å². The molecule has 1 amide bonds. The first kappa shape index (κ1) is 21.9. The highest BCUT2D eigenvalue weighted by atomic mass is 32.2. The van der Waals surface area contributed by atoms with Crippen LogP contribution in [0.5, 0.6) is 0 Å². The van der Waals surface area contributed by atoms with Crippen molar-refractivity contribution in [2.45, 2.75) is 36.9 Å². The van der Waals surface area contributed by atoms with Crippen LogP contribution in [0.15, 0.2) is 53.4 Å². The lowest BCUT2D eigenvalue weighted by atomic mass is 9.96. The Balaban J connectivity index is 1.90. The number of hydrogen-bond acceptors (Lipinski definition) is 3. The molecule has 152 valence electrons. The highest BCUT2D eigenvalue weighted by Crippen LogP contribution is 2.30. The van der Waals surface area contributed by atoms with E-state index in [2.05, 4.69) is 10.0 Å². The van der Waals surface area contributed by atoms with E-state index in [1.807, 2.05) is 0 Å². The van der Waals surface area contributed by atoms with Crippen LogP contribution >= 0.6 is 0 Å². The van der Waals surface area contributed by atoms with Crippen molar-refractivity contribution in [1.29, 1.82) is 0 Å². The smallest absolute Gasteiger partial charge is 0.352 e. The lowest BCUT2D eigenvalue weighted by molar-refractivity contribution is -0.137. The maximum Gasteiger partial charge on any atom is 0.416 e. The summed E-state index contributed by atoms with van der Waals surface area (Å²) in [6, 6.07) is 10.8. The number of carbonyl (C=O) groups excluding carboxylic acids is 1. The summed E-state index contributed by atoms with van der Waals surface area (Å²) in [7, 11) is -2.19. The Hall–Kier alpha value is -2.39. The molecule has 0 aliphatic heterocycles. The van der Waals surface area contributed by atoms with Gasteiger partial charge in [0.15, 0.2) is 0 Å². The van der Waals surface area contributed by atoms with Crippen molar-refractivity contribution in [3.8, 4) is 0 Å². The molecular weight excluding hydrogens is 393 g/mol. The van der Waals surface area contributed by atoms with Gasteiger partial charge in [-0.25, -0.2) is 13.1 Å². The van der Waals surface area contributed by atoms with Gasteiger partial charge in [-0.3, -0.25) is 4.79 Å². The molecule has 0 bridgehead atoms. The number of amides is 1. The first-order chi connectivity index (χ1) is 13.0. The summed E-state index contributed by atoms with van der Waals surface area (Å²) in [4.78, 5) is 12.2. The van der Waals surface area contributed by atoms with Gasteiger partial charge >= 0.3 is 6.18 Å². The lowest BCUT2D eigenvalue weighted by Crippen LogP contribution is -2.24. The largest absolute Gasteiger partial charge is 0.416 e. The first-order valence-corrected chi connectivity index (χ1v) is 9.97. The Morgan fingerprint density at radius 3 is 2.11 bits per heavy atom. The lowest BCUT2D eigenvalue weighted by Gasteiger charge is -2.14. The van der Waals surface area contributed by atoms with Crippen molar-refractivity contribution >= 4 is 15.9 Å². The average molecular weight is 414 g/mol. The number of benzene rings is 2. The molecular formula is C19H21F3N2O3S. The van der Waals surface area contributed by atoms with Crippen LogP contribution in [0.25, 0.3) is 0 Å². The standard InChI is InChI=1S/C19H21F3N2O3S/c1-13(15-5-7-16(8-6-15)19(20,21)22)11-18(25)24-12-14-3-9-17(10-4-14)28(26,27)23-2/h3-10,13,23H,11-12H2,1-2H3,(H,24,25). The Kier molecular flexibility index (Phi) is 6.84. The Labute approximate surface area is 162 Å². The predicted molar refractivity (Wildman–Crippen MR) is 99.0 cm³/mol. The van der Waals surface area contributed by atoms with Crippen LogP contribution in [0, 0.1) is 0 Å². The number of halogens is 3. The van der Waals surface area contributed by atoms with Crippen LogP contribution < -0.4 is 10.0 Å². The molecule has 0 aliphatic carbocycles. The second kappa shape index (κ2) is 8.74. The van der Waals surface area contributed by atoms with Gasteiger partial charge in [0.05, 0.1) is 10.5 Å². The highest BCUT2D eigenvalue weighted by Gasteiger charge is 2.30. The summed E-state index contributed by atoms with van der Waals surface area (Å²) in [5.41, 5.74) is 0.645. The average Bonchev–Trinajstić information content (AvgIpc) is 2.66. The Morgan fingerprint density at radius 1 is 1.04 bits per heavy atom. The van der Waals surface area contributed by atoms with E-state index >= 15 is 0 Å². The van der Waals surface area contributed by atoms with Crippen molar-refractivity contribution < 1.29 is 26.4 Å². The van der Waals surface area contributed by atoms with Gasteiger partial charge in [0, 0.05) is 13.0 Å². The van der Waals surface area contributed by atoms with E-state index < -0.39 is 21.8 Å². The monoisotopic (exact) mass is 414 g/mol.